The lowest BCUT2D eigenvalue weighted by Gasteiger charge is -2.04. The van der Waals surface area contributed by atoms with Crippen LogP contribution in [0.1, 0.15) is 19.0 Å². The summed E-state index contributed by atoms with van der Waals surface area (Å²) in [5, 5.41) is 4.43. The summed E-state index contributed by atoms with van der Waals surface area (Å²) >= 11 is 5.30. The Balaban J connectivity index is 2.35. The fourth-order valence-electron chi connectivity index (χ4n) is 2.22. The van der Waals surface area contributed by atoms with Gasteiger partial charge in [-0.3, -0.25) is 4.68 Å². The van der Waals surface area contributed by atoms with Gasteiger partial charge in [0.15, 0.2) is 10.4 Å². The quantitative estimate of drug-likeness (QED) is 0.848. The van der Waals surface area contributed by atoms with Crippen LogP contribution in [-0.4, -0.2) is 39.8 Å². The molecule has 0 fully saturated rings. The van der Waals surface area contributed by atoms with Crippen molar-refractivity contribution in [1.82, 2.24) is 19.3 Å². The Labute approximate surface area is 117 Å². The van der Waals surface area contributed by atoms with Gasteiger partial charge >= 0.3 is 0 Å². The van der Waals surface area contributed by atoms with Crippen molar-refractivity contribution in [2.45, 2.75) is 26.3 Å². The zero-order valence-corrected chi connectivity index (χ0v) is 12.9. The molecule has 2 heterocycles. The number of hydrogen-bond donors (Lipinski definition) is 1. The molecule has 0 radical (unpaired) electrons. The second-order valence-electron chi connectivity index (χ2n) is 4.69. The summed E-state index contributed by atoms with van der Waals surface area (Å²) in [6, 6.07) is 0. The lowest BCUT2D eigenvalue weighted by molar-refractivity contribution is 0.590. The normalized spacial score (nSPS) is 12.4. The number of fused-ring (bicyclic) bond motifs is 1. The summed E-state index contributed by atoms with van der Waals surface area (Å²) in [7, 11) is -1.06. The number of nitrogens with one attached hydrogen (secondary N) is 1. The van der Waals surface area contributed by atoms with E-state index in [4.69, 9.17) is 12.2 Å². The van der Waals surface area contributed by atoms with Crippen LogP contribution in [0, 0.1) is 4.77 Å². The van der Waals surface area contributed by atoms with Gasteiger partial charge in [0, 0.05) is 19.8 Å². The predicted octanol–water partition coefficient (Wildman–Crippen LogP) is 1.43. The van der Waals surface area contributed by atoms with Crippen molar-refractivity contribution in [3.8, 4) is 0 Å². The highest BCUT2D eigenvalue weighted by Gasteiger charge is 2.14. The Morgan fingerprint density at radius 3 is 2.68 bits per heavy atom. The van der Waals surface area contributed by atoms with E-state index in [9.17, 15) is 8.42 Å². The molecule has 0 unspecified atom stereocenters. The number of rotatable bonds is 5. The van der Waals surface area contributed by atoms with Crippen LogP contribution in [0.25, 0.3) is 11.2 Å². The number of aromatic amines is 1. The van der Waals surface area contributed by atoms with E-state index in [0.29, 0.717) is 17.7 Å². The van der Waals surface area contributed by atoms with Gasteiger partial charge in [0.25, 0.3) is 0 Å². The van der Waals surface area contributed by atoms with E-state index in [1.54, 1.807) is 4.68 Å². The molecule has 19 heavy (non-hydrogen) atoms. The summed E-state index contributed by atoms with van der Waals surface area (Å²) in [6.07, 6.45) is 2.63. The van der Waals surface area contributed by atoms with Crippen LogP contribution in [0.3, 0.4) is 0 Å². The smallest absolute Gasteiger partial charge is 0.179 e. The Bertz CT molecular complexity index is 752. The number of imidazole rings is 1. The van der Waals surface area contributed by atoms with Gasteiger partial charge in [-0.15, -0.1) is 0 Å². The molecule has 106 valence electrons. The number of aryl methyl sites for hydroxylation is 3. The second-order valence-corrected chi connectivity index (χ2v) is 7.33. The average Bonchev–Trinajstić information content (AvgIpc) is 2.76. The summed E-state index contributed by atoms with van der Waals surface area (Å²) in [6.45, 7) is 2.62. The monoisotopic (exact) mass is 302 g/mol. The molecule has 2 rings (SSSR count). The zero-order chi connectivity index (χ0) is 14.2. The highest BCUT2D eigenvalue weighted by Crippen LogP contribution is 2.18. The van der Waals surface area contributed by atoms with Gasteiger partial charge in [-0.25, -0.2) is 8.42 Å². The van der Waals surface area contributed by atoms with Gasteiger partial charge < -0.3 is 9.55 Å². The molecule has 0 aliphatic heterocycles. The minimum Gasteiger partial charge on any atom is -0.328 e. The van der Waals surface area contributed by atoms with Gasteiger partial charge in [-0.2, -0.15) is 5.10 Å². The van der Waals surface area contributed by atoms with E-state index in [2.05, 4.69) is 10.1 Å². The molecule has 0 amide bonds. The molecule has 0 spiro atoms. The fraction of sp³-hybridized carbons (Fsp3) is 0.636. The lowest BCUT2D eigenvalue weighted by Crippen LogP contribution is -2.09. The third-order valence-electron chi connectivity index (χ3n) is 3.05. The zero-order valence-electron chi connectivity index (χ0n) is 11.3. The van der Waals surface area contributed by atoms with Crippen LogP contribution in [0.15, 0.2) is 0 Å². The SMILES string of the molecule is CCc1nn(C)c2c1[nH]c(=S)n2CCCS(C)(=O)=O. The molecule has 0 aromatic carbocycles. The fourth-order valence-corrected chi connectivity index (χ4v) is 3.15. The van der Waals surface area contributed by atoms with Crippen LogP contribution >= 0.6 is 12.2 Å². The van der Waals surface area contributed by atoms with E-state index in [-0.39, 0.29) is 5.75 Å². The van der Waals surface area contributed by atoms with Gasteiger partial charge in [0.2, 0.25) is 0 Å². The number of aromatic nitrogens is 4. The first-order chi connectivity index (χ1) is 8.83. The molecule has 0 saturated carbocycles. The van der Waals surface area contributed by atoms with Crippen LogP contribution in [0.5, 0.6) is 0 Å². The maximum atomic E-state index is 11.2. The van der Waals surface area contributed by atoms with Crippen LogP contribution in [0.4, 0.5) is 0 Å². The molecule has 2 aromatic heterocycles. The minimum absolute atomic E-state index is 0.167. The topological polar surface area (TPSA) is 72.7 Å². The van der Waals surface area contributed by atoms with E-state index < -0.39 is 9.84 Å². The van der Waals surface area contributed by atoms with E-state index in [0.717, 1.165) is 23.3 Å². The molecule has 0 aliphatic rings. The van der Waals surface area contributed by atoms with E-state index in [1.165, 1.54) is 6.26 Å². The maximum Gasteiger partial charge on any atom is 0.179 e. The first-order valence-corrected chi connectivity index (χ1v) is 8.62. The van der Waals surface area contributed by atoms with Gasteiger partial charge in [-0.05, 0) is 25.1 Å². The Morgan fingerprint density at radius 1 is 1.42 bits per heavy atom. The minimum atomic E-state index is -2.93. The Kier molecular flexibility index (Phi) is 3.82. The van der Waals surface area contributed by atoms with E-state index >= 15 is 0 Å². The first kappa shape index (κ1) is 14.3. The number of hydrogen-bond acceptors (Lipinski definition) is 4. The van der Waals surface area contributed by atoms with Crippen molar-refractivity contribution in [1.29, 1.82) is 0 Å². The molecule has 1 N–H and O–H groups in total. The largest absolute Gasteiger partial charge is 0.328 e. The molecule has 2 aromatic rings. The third kappa shape index (κ3) is 2.89. The summed E-state index contributed by atoms with van der Waals surface area (Å²) < 4.78 is 26.7. The molecular weight excluding hydrogens is 284 g/mol. The third-order valence-corrected chi connectivity index (χ3v) is 4.41. The average molecular weight is 302 g/mol. The highest BCUT2D eigenvalue weighted by molar-refractivity contribution is 7.90. The standard InChI is InChI=1S/C11H18N4O2S2/c1-4-8-9-10(14(2)13-8)15(11(18)12-9)6-5-7-19(3,16)17/h4-7H2,1-3H3,(H,12,18). The van der Waals surface area contributed by atoms with Crippen molar-refractivity contribution in [3.05, 3.63) is 10.5 Å². The van der Waals surface area contributed by atoms with Crippen molar-refractivity contribution in [2.75, 3.05) is 12.0 Å². The molecule has 0 saturated heterocycles. The van der Waals surface area contributed by atoms with Crippen LogP contribution < -0.4 is 0 Å². The summed E-state index contributed by atoms with van der Waals surface area (Å²) in [5.41, 5.74) is 2.86. The van der Waals surface area contributed by atoms with Gasteiger partial charge in [0.05, 0.1) is 11.4 Å². The van der Waals surface area contributed by atoms with Crippen LogP contribution in [-0.2, 0) is 29.9 Å². The number of H-pyrrole nitrogens is 1. The maximum absolute atomic E-state index is 11.2. The first-order valence-electron chi connectivity index (χ1n) is 6.15. The Morgan fingerprint density at radius 2 is 2.11 bits per heavy atom. The summed E-state index contributed by atoms with van der Waals surface area (Å²) in [5.74, 6) is 0.167. The molecule has 0 atom stereocenters. The lowest BCUT2D eigenvalue weighted by atomic mass is 10.3. The van der Waals surface area contributed by atoms with Gasteiger partial charge in [-0.1, -0.05) is 6.92 Å². The Hall–Kier alpha value is -1.15. The van der Waals surface area contributed by atoms with Gasteiger partial charge in [0.1, 0.15) is 15.4 Å². The second kappa shape index (κ2) is 5.09. The van der Waals surface area contributed by atoms with E-state index in [1.807, 2.05) is 18.5 Å². The van der Waals surface area contributed by atoms with Crippen molar-refractivity contribution >= 4 is 33.2 Å². The molecule has 0 bridgehead atoms. The van der Waals surface area contributed by atoms with Crippen molar-refractivity contribution < 1.29 is 8.42 Å². The van der Waals surface area contributed by atoms with Crippen LogP contribution in [0.2, 0.25) is 0 Å². The predicted molar refractivity (Wildman–Crippen MR) is 77.6 cm³/mol. The summed E-state index contributed by atoms with van der Waals surface area (Å²) in [4.78, 5) is 3.16. The number of nitrogens with zero attached hydrogens (tertiary/aromatic N) is 3. The number of sulfone groups is 1. The molecule has 8 heteroatoms. The highest BCUT2D eigenvalue weighted by atomic mass is 32.2. The molecule has 0 aliphatic carbocycles. The van der Waals surface area contributed by atoms with Crippen molar-refractivity contribution in [3.63, 3.8) is 0 Å². The molecule has 6 nitrogen and oxygen atoms in total. The van der Waals surface area contributed by atoms with Crippen molar-refractivity contribution in [2.24, 2.45) is 7.05 Å². The molecular formula is C11H18N4O2S2.